The highest BCUT2D eigenvalue weighted by molar-refractivity contribution is 6.11. The second kappa shape index (κ2) is 14.0. The normalized spacial score (nSPS) is 11.0. The number of rotatable bonds is 8. The molecule has 45 heavy (non-hydrogen) atoms. The number of para-hydroxylation sites is 1. The second-order valence-electron chi connectivity index (χ2n) is 11.3. The quantitative estimate of drug-likeness (QED) is 0.0826. The van der Waals surface area contributed by atoms with Gasteiger partial charge in [-0.05, 0) is 46.9 Å². The van der Waals surface area contributed by atoms with Gasteiger partial charge in [-0.3, -0.25) is 9.97 Å². The van der Waals surface area contributed by atoms with Crippen LogP contribution in [0.1, 0.15) is 44.7 Å². The maximum Gasteiger partial charge on any atom is 0.227 e. The number of nitrogens with zero attached hydrogens (tertiary/aromatic N) is 3. The Kier molecular flexibility index (Phi) is 9.26. The van der Waals surface area contributed by atoms with Crippen LogP contribution in [0.15, 0.2) is 128 Å². The molecule has 0 aliphatic heterocycles. The number of aromatic hydroxyl groups is 1. The maximum atomic E-state index is 12.2. The van der Waals surface area contributed by atoms with Crippen molar-refractivity contribution in [3.05, 3.63) is 139 Å². The molecule has 5 heteroatoms. The van der Waals surface area contributed by atoms with Crippen LogP contribution < -0.4 is 4.73 Å². The summed E-state index contributed by atoms with van der Waals surface area (Å²) in [6, 6.07) is 38.1. The van der Waals surface area contributed by atoms with Crippen LogP contribution in [0.2, 0.25) is 0 Å². The largest absolute Gasteiger partial charge is 0.618 e. The minimum atomic E-state index is 0.200. The summed E-state index contributed by atoms with van der Waals surface area (Å²) in [6.45, 7) is 2.19. The number of hydrogen-bond acceptors (Lipinski definition) is 4. The molecule has 1 N–H and O–H groups in total. The molecule has 0 unspecified atom stereocenters. The molecule has 0 aliphatic carbocycles. The summed E-state index contributed by atoms with van der Waals surface area (Å²) in [5.41, 5.74) is 7.85. The number of aryl methyl sites for hydroxylation is 1. The third-order valence-electron chi connectivity index (χ3n) is 8.29. The van der Waals surface area contributed by atoms with Gasteiger partial charge in [0, 0.05) is 41.7 Å². The van der Waals surface area contributed by atoms with Gasteiger partial charge in [0.25, 0.3) is 0 Å². The van der Waals surface area contributed by atoms with E-state index in [2.05, 4.69) is 89.7 Å². The molecule has 224 valence electrons. The average Bonchev–Trinajstić information content (AvgIpc) is 3.10. The van der Waals surface area contributed by atoms with Crippen molar-refractivity contribution in [3.8, 4) is 28.0 Å². The Morgan fingerprint density at radius 3 is 1.71 bits per heavy atom. The van der Waals surface area contributed by atoms with Crippen molar-refractivity contribution in [3.63, 3.8) is 0 Å². The van der Waals surface area contributed by atoms with E-state index in [-0.39, 0.29) is 5.75 Å². The van der Waals surface area contributed by atoms with Crippen molar-refractivity contribution in [1.82, 2.24) is 9.97 Å². The smallest absolute Gasteiger partial charge is 0.227 e. The summed E-state index contributed by atoms with van der Waals surface area (Å²) in [5, 5.41) is 25.0. The zero-order valence-electron chi connectivity index (χ0n) is 25.6. The first kappa shape index (κ1) is 29.8. The Bertz CT molecular complexity index is 1940. The van der Waals surface area contributed by atoms with E-state index in [1.165, 1.54) is 41.5 Å². The van der Waals surface area contributed by atoms with Crippen LogP contribution in [0.4, 0.5) is 0 Å². The Balaban J connectivity index is 0.000000168. The van der Waals surface area contributed by atoms with E-state index in [0.29, 0.717) is 16.6 Å². The van der Waals surface area contributed by atoms with Gasteiger partial charge in [0.2, 0.25) is 5.52 Å². The fourth-order valence-electron chi connectivity index (χ4n) is 5.97. The zero-order chi connectivity index (χ0) is 31.0. The molecule has 3 aromatic heterocycles. The fourth-order valence-corrected chi connectivity index (χ4v) is 5.97. The van der Waals surface area contributed by atoms with E-state index < -0.39 is 0 Å². The van der Waals surface area contributed by atoms with Crippen LogP contribution in [0.5, 0.6) is 5.75 Å². The Morgan fingerprint density at radius 2 is 1.13 bits per heavy atom. The van der Waals surface area contributed by atoms with Crippen LogP contribution in [-0.4, -0.2) is 15.1 Å². The third-order valence-corrected chi connectivity index (χ3v) is 8.29. The lowest BCUT2D eigenvalue weighted by Gasteiger charge is -2.11. The molecular formula is C40H37N3O2. The van der Waals surface area contributed by atoms with E-state index >= 15 is 0 Å². The highest BCUT2D eigenvalue weighted by Crippen LogP contribution is 2.34. The summed E-state index contributed by atoms with van der Waals surface area (Å²) in [4.78, 5) is 9.34. The molecule has 0 saturated carbocycles. The van der Waals surface area contributed by atoms with E-state index in [4.69, 9.17) is 0 Å². The molecular weight excluding hydrogens is 554 g/mol. The predicted octanol–water partition coefficient (Wildman–Crippen LogP) is 9.81. The molecule has 5 nitrogen and oxygen atoms in total. The number of benzene rings is 4. The predicted molar refractivity (Wildman–Crippen MR) is 185 cm³/mol. The zero-order valence-corrected chi connectivity index (χ0v) is 25.6. The summed E-state index contributed by atoms with van der Waals surface area (Å²) in [6.07, 6.45) is 10.3. The lowest BCUT2D eigenvalue weighted by Crippen LogP contribution is -2.32. The molecule has 4 aromatic carbocycles. The Labute approximate surface area is 264 Å². The van der Waals surface area contributed by atoms with Gasteiger partial charge >= 0.3 is 0 Å². The van der Waals surface area contributed by atoms with Gasteiger partial charge < -0.3 is 10.3 Å². The fraction of sp³-hybridized carbons (Fsp3) is 0.175. The van der Waals surface area contributed by atoms with Gasteiger partial charge in [0.05, 0.1) is 16.4 Å². The van der Waals surface area contributed by atoms with Gasteiger partial charge in [-0.25, -0.2) is 0 Å². The molecule has 0 aliphatic rings. The molecule has 0 bridgehead atoms. The van der Waals surface area contributed by atoms with Gasteiger partial charge in [-0.15, -0.1) is 0 Å². The van der Waals surface area contributed by atoms with Gasteiger partial charge in [-0.2, -0.15) is 4.73 Å². The Hall–Kier alpha value is -5.29. The topological polar surface area (TPSA) is 73.0 Å². The van der Waals surface area contributed by atoms with Gasteiger partial charge in [0.1, 0.15) is 5.75 Å². The van der Waals surface area contributed by atoms with Crippen molar-refractivity contribution in [2.24, 2.45) is 0 Å². The molecule has 0 radical (unpaired) electrons. The van der Waals surface area contributed by atoms with Crippen molar-refractivity contribution in [2.75, 3.05) is 0 Å². The lowest BCUT2D eigenvalue weighted by atomic mass is 9.97. The Morgan fingerprint density at radius 1 is 0.600 bits per heavy atom. The minimum absolute atomic E-state index is 0.200. The maximum absolute atomic E-state index is 12.2. The molecule has 0 amide bonds. The molecule has 7 rings (SSSR count). The number of aromatic nitrogens is 3. The van der Waals surface area contributed by atoms with E-state index in [0.717, 1.165) is 45.8 Å². The van der Waals surface area contributed by atoms with Crippen molar-refractivity contribution in [2.45, 2.75) is 45.4 Å². The molecule has 0 atom stereocenters. The third kappa shape index (κ3) is 6.48. The number of hydrogen-bond donors (Lipinski definition) is 1. The molecule has 7 aromatic rings. The molecule has 3 heterocycles. The van der Waals surface area contributed by atoms with E-state index in [1.807, 2.05) is 36.7 Å². The van der Waals surface area contributed by atoms with Crippen LogP contribution in [0.25, 0.3) is 55.0 Å². The van der Waals surface area contributed by atoms with E-state index in [1.54, 1.807) is 18.2 Å². The summed E-state index contributed by atoms with van der Waals surface area (Å²) in [7, 11) is 0. The van der Waals surface area contributed by atoms with E-state index in [9.17, 15) is 10.3 Å². The first-order valence-corrected chi connectivity index (χ1v) is 15.8. The lowest BCUT2D eigenvalue weighted by molar-refractivity contribution is -0.586. The number of fused-ring (bicyclic) bond motifs is 4. The minimum Gasteiger partial charge on any atom is -0.618 e. The number of unbranched alkanes of at least 4 members (excludes halogenated alkanes) is 4. The monoisotopic (exact) mass is 591 g/mol. The van der Waals surface area contributed by atoms with Crippen LogP contribution >= 0.6 is 0 Å². The standard InChI is InChI=1S/C24H16N2.C16H21NO2/c1-3-7-17(8-4-1)19-13-15-25-23-21(19)11-12-22-20(14-16-26-24(22)23)18-9-5-2-6-10-18;1-2-3-4-5-6-9-13-12-16(18)14-10-7-8-11-15(14)17(13)19/h1-16H;7-8,10-12,18H,2-6,9H2,1H3. The van der Waals surface area contributed by atoms with Gasteiger partial charge in [0.15, 0.2) is 5.69 Å². The first-order valence-electron chi connectivity index (χ1n) is 15.8. The summed E-state index contributed by atoms with van der Waals surface area (Å²) >= 11 is 0. The molecule has 0 saturated heterocycles. The molecule has 0 spiro atoms. The summed E-state index contributed by atoms with van der Waals surface area (Å²) < 4.78 is 0.953. The first-order chi connectivity index (χ1) is 22.2. The van der Waals surface area contributed by atoms with Crippen molar-refractivity contribution < 1.29 is 9.84 Å². The number of pyridine rings is 3. The average molecular weight is 592 g/mol. The highest BCUT2D eigenvalue weighted by atomic mass is 16.5. The molecule has 0 fully saturated rings. The highest BCUT2D eigenvalue weighted by Gasteiger charge is 2.14. The van der Waals surface area contributed by atoms with Crippen LogP contribution in [0.3, 0.4) is 0 Å². The van der Waals surface area contributed by atoms with Crippen molar-refractivity contribution in [1.29, 1.82) is 0 Å². The SMILES string of the molecule is CCCCCCCc1cc(O)c2ccccc2[n+]1[O-].c1ccc(-c2ccnc3c2ccc2c(-c4ccccc4)ccnc23)cc1. The van der Waals surface area contributed by atoms with Gasteiger partial charge in [-0.1, -0.05) is 118 Å². The van der Waals surface area contributed by atoms with Crippen LogP contribution in [-0.2, 0) is 6.42 Å². The summed E-state index contributed by atoms with van der Waals surface area (Å²) in [5.74, 6) is 0.200. The van der Waals surface area contributed by atoms with Crippen molar-refractivity contribution >= 4 is 32.7 Å². The second-order valence-corrected chi connectivity index (χ2v) is 11.3. The van der Waals surface area contributed by atoms with Crippen LogP contribution in [0, 0.1) is 5.21 Å².